The Bertz CT molecular complexity index is 1150. The lowest BCUT2D eigenvalue weighted by Gasteiger charge is -2.34. The van der Waals surface area contributed by atoms with Crippen LogP contribution in [0.2, 0.25) is 0 Å². The molecule has 0 unspecified atom stereocenters. The molecule has 10 heteroatoms. The van der Waals surface area contributed by atoms with E-state index in [1.807, 2.05) is 0 Å². The molecule has 0 aliphatic carbocycles. The molecule has 1 aliphatic heterocycles. The molecule has 0 N–H and O–H groups in total. The third-order valence-electron chi connectivity index (χ3n) is 5.30. The molecule has 1 aliphatic rings. The van der Waals surface area contributed by atoms with Crippen LogP contribution in [0.15, 0.2) is 60.8 Å². The maximum absolute atomic E-state index is 12.9. The molecule has 3 aromatic rings. The molecule has 0 spiro atoms. The Hall–Kier alpha value is -4.21. The summed E-state index contributed by atoms with van der Waals surface area (Å²) in [4.78, 5) is 39.3. The first kappa shape index (κ1) is 21.0. The van der Waals surface area contributed by atoms with Gasteiger partial charge in [-0.25, -0.2) is 4.68 Å². The minimum atomic E-state index is -0.472. The molecule has 164 valence electrons. The van der Waals surface area contributed by atoms with Crippen molar-refractivity contribution in [1.82, 2.24) is 19.6 Å². The van der Waals surface area contributed by atoms with E-state index in [0.717, 1.165) is 0 Å². The van der Waals surface area contributed by atoms with Gasteiger partial charge in [0.1, 0.15) is 5.75 Å². The summed E-state index contributed by atoms with van der Waals surface area (Å²) in [7, 11) is 1.55. The van der Waals surface area contributed by atoms with Crippen molar-refractivity contribution in [3.8, 4) is 11.4 Å². The number of nitro groups is 1. The lowest BCUT2D eigenvalue weighted by atomic mass is 10.1. The van der Waals surface area contributed by atoms with Gasteiger partial charge in [-0.3, -0.25) is 19.7 Å². The summed E-state index contributed by atoms with van der Waals surface area (Å²) >= 11 is 0. The molecule has 0 atom stereocenters. The summed E-state index contributed by atoms with van der Waals surface area (Å²) in [6.07, 6.45) is 1.64. The average Bonchev–Trinajstić information content (AvgIpc) is 3.33. The molecule has 2 heterocycles. The van der Waals surface area contributed by atoms with Crippen LogP contribution >= 0.6 is 0 Å². The Labute approximate surface area is 183 Å². The third kappa shape index (κ3) is 4.29. The van der Waals surface area contributed by atoms with E-state index in [4.69, 9.17) is 4.74 Å². The number of aromatic nitrogens is 2. The predicted octanol–water partition coefficient (Wildman–Crippen LogP) is 2.39. The Kier molecular flexibility index (Phi) is 5.84. The number of nitro benzene ring substituents is 1. The Morgan fingerprint density at radius 2 is 1.62 bits per heavy atom. The summed E-state index contributed by atoms with van der Waals surface area (Å²) in [6, 6.07) is 14.5. The van der Waals surface area contributed by atoms with Crippen molar-refractivity contribution >= 4 is 17.5 Å². The highest BCUT2D eigenvalue weighted by Gasteiger charge is 2.26. The van der Waals surface area contributed by atoms with Gasteiger partial charge in [0.25, 0.3) is 17.5 Å². The fraction of sp³-hybridized carbons (Fsp3) is 0.227. The van der Waals surface area contributed by atoms with Crippen molar-refractivity contribution in [3.05, 3.63) is 82.2 Å². The Morgan fingerprint density at radius 3 is 2.25 bits per heavy atom. The molecule has 2 aromatic carbocycles. The minimum Gasteiger partial charge on any atom is -0.497 e. The van der Waals surface area contributed by atoms with E-state index in [0.29, 0.717) is 43.2 Å². The van der Waals surface area contributed by atoms with Gasteiger partial charge in [-0.05, 0) is 36.4 Å². The van der Waals surface area contributed by atoms with Gasteiger partial charge in [-0.2, -0.15) is 5.10 Å². The third-order valence-corrected chi connectivity index (χ3v) is 5.30. The summed E-state index contributed by atoms with van der Waals surface area (Å²) in [5, 5.41) is 15.1. The first-order valence-corrected chi connectivity index (χ1v) is 9.99. The maximum atomic E-state index is 12.9. The fourth-order valence-electron chi connectivity index (χ4n) is 3.52. The van der Waals surface area contributed by atoms with Crippen LogP contribution in [-0.4, -0.2) is 69.6 Å². The van der Waals surface area contributed by atoms with Crippen molar-refractivity contribution in [2.45, 2.75) is 0 Å². The van der Waals surface area contributed by atoms with Crippen LogP contribution in [0, 0.1) is 10.1 Å². The topological polar surface area (TPSA) is 111 Å². The standard InChI is InChI=1S/C22H21N5O5/c1-32-19-4-2-3-16(15-19)21(28)24-11-13-25(14-12-24)22(29)20-9-10-26(23-20)17-5-7-18(8-6-17)27(30)31/h2-10,15H,11-14H2,1H3. The monoisotopic (exact) mass is 435 g/mol. The van der Waals surface area contributed by atoms with Crippen LogP contribution in [0.5, 0.6) is 5.75 Å². The van der Waals surface area contributed by atoms with Gasteiger partial charge >= 0.3 is 0 Å². The number of non-ortho nitro benzene ring substituents is 1. The second kappa shape index (κ2) is 8.88. The lowest BCUT2D eigenvalue weighted by Crippen LogP contribution is -2.50. The van der Waals surface area contributed by atoms with Gasteiger partial charge < -0.3 is 14.5 Å². The van der Waals surface area contributed by atoms with Gasteiger partial charge in [0.05, 0.1) is 17.7 Å². The van der Waals surface area contributed by atoms with Crippen LogP contribution in [0.4, 0.5) is 5.69 Å². The van der Waals surface area contributed by atoms with Gasteiger partial charge in [0, 0.05) is 50.1 Å². The number of ether oxygens (including phenoxy) is 1. The van der Waals surface area contributed by atoms with Crippen LogP contribution in [0.1, 0.15) is 20.8 Å². The molecule has 1 fully saturated rings. The largest absolute Gasteiger partial charge is 0.497 e. The van der Waals surface area contributed by atoms with Gasteiger partial charge in [-0.15, -0.1) is 0 Å². The van der Waals surface area contributed by atoms with E-state index in [1.165, 1.54) is 16.8 Å². The number of amides is 2. The van der Waals surface area contributed by atoms with Gasteiger partial charge in [0.2, 0.25) is 0 Å². The van der Waals surface area contributed by atoms with E-state index < -0.39 is 4.92 Å². The van der Waals surface area contributed by atoms with Crippen molar-refractivity contribution in [3.63, 3.8) is 0 Å². The van der Waals surface area contributed by atoms with Crippen molar-refractivity contribution in [2.75, 3.05) is 33.3 Å². The van der Waals surface area contributed by atoms with Gasteiger partial charge in [-0.1, -0.05) is 6.07 Å². The number of piperazine rings is 1. The van der Waals surface area contributed by atoms with Crippen LogP contribution in [-0.2, 0) is 0 Å². The van der Waals surface area contributed by atoms with Gasteiger partial charge in [0.15, 0.2) is 5.69 Å². The number of rotatable bonds is 5. The molecule has 2 amide bonds. The molecule has 1 aromatic heterocycles. The molecule has 1 saturated heterocycles. The first-order valence-electron chi connectivity index (χ1n) is 9.99. The Balaban J connectivity index is 1.38. The van der Waals surface area contributed by atoms with E-state index in [2.05, 4.69) is 5.10 Å². The van der Waals surface area contributed by atoms with Crippen LogP contribution in [0.3, 0.4) is 0 Å². The highest BCUT2D eigenvalue weighted by Crippen LogP contribution is 2.18. The predicted molar refractivity (Wildman–Crippen MR) is 115 cm³/mol. The number of methoxy groups -OCH3 is 1. The molecule has 10 nitrogen and oxygen atoms in total. The molecular formula is C22H21N5O5. The van der Waals surface area contributed by atoms with Crippen molar-refractivity contribution in [2.24, 2.45) is 0 Å². The van der Waals surface area contributed by atoms with E-state index in [1.54, 1.807) is 65.6 Å². The summed E-state index contributed by atoms with van der Waals surface area (Å²) < 4.78 is 6.68. The zero-order valence-electron chi connectivity index (χ0n) is 17.4. The number of hydrogen-bond acceptors (Lipinski definition) is 6. The molecule has 0 radical (unpaired) electrons. The Morgan fingerprint density at radius 1 is 0.969 bits per heavy atom. The highest BCUT2D eigenvalue weighted by atomic mass is 16.6. The van der Waals surface area contributed by atoms with Crippen LogP contribution in [0.25, 0.3) is 5.69 Å². The SMILES string of the molecule is COc1cccc(C(=O)N2CCN(C(=O)c3ccn(-c4ccc([N+](=O)[O-])cc4)n3)CC2)c1. The second-order valence-electron chi connectivity index (χ2n) is 7.24. The van der Waals surface area contributed by atoms with E-state index >= 15 is 0 Å². The average molecular weight is 435 g/mol. The smallest absolute Gasteiger partial charge is 0.274 e. The lowest BCUT2D eigenvalue weighted by molar-refractivity contribution is -0.384. The molecule has 32 heavy (non-hydrogen) atoms. The normalized spacial score (nSPS) is 13.7. The van der Waals surface area contributed by atoms with E-state index in [-0.39, 0.29) is 23.2 Å². The number of hydrogen-bond donors (Lipinski definition) is 0. The summed E-state index contributed by atoms with van der Waals surface area (Å²) in [5.41, 5.74) is 1.42. The molecular weight excluding hydrogens is 414 g/mol. The second-order valence-corrected chi connectivity index (χ2v) is 7.24. The number of carbonyl (C=O) groups is 2. The first-order chi connectivity index (χ1) is 15.5. The fourth-order valence-corrected chi connectivity index (χ4v) is 3.52. The van der Waals surface area contributed by atoms with Crippen molar-refractivity contribution in [1.29, 1.82) is 0 Å². The van der Waals surface area contributed by atoms with Crippen molar-refractivity contribution < 1.29 is 19.2 Å². The quantitative estimate of drug-likeness (QED) is 0.449. The zero-order valence-corrected chi connectivity index (χ0v) is 17.4. The molecule has 0 bridgehead atoms. The number of carbonyl (C=O) groups excluding carboxylic acids is 2. The zero-order chi connectivity index (χ0) is 22.7. The summed E-state index contributed by atoms with van der Waals surface area (Å²) in [5.74, 6) is 0.297. The maximum Gasteiger partial charge on any atom is 0.274 e. The summed E-state index contributed by atoms with van der Waals surface area (Å²) in [6.45, 7) is 1.65. The van der Waals surface area contributed by atoms with E-state index in [9.17, 15) is 19.7 Å². The number of benzene rings is 2. The highest BCUT2D eigenvalue weighted by molar-refractivity contribution is 5.95. The molecule has 0 saturated carbocycles. The molecule has 4 rings (SSSR count). The number of nitrogens with zero attached hydrogens (tertiary/aromatic N) is 5. The minimum absolute atomic E-state index is 0.0152. The van der Waals surface area contributed by atoms with Crippen LogP contribution < -0.4 is 4.74 Å².